The van der Waals surface area contributed by atoms with Crippen LogP contribution in [-0.4, -0.2) is 40.0 Å². The topological polar surface area (TPSA) is 82.5 Å². The van der Waals surface area contributed by atoms with E-state index in [2.05, 4.69) is 29.4 Å². The molecule has 6 heteroatoms. The zero-order chi connectivity index (χ0) is 19.2. The fraction of sp³-hybridized carbons (Fsp3) is 0.381. The lowest BCUT2D eigenvalue weighted by Gasteiger charge is -2.37. The highest BCUT2D eigenvalue weighted by atomic mass is 16.4. The smallest absolute Gasteiger partial charge is 0.335 e. The third-order valence-electron chi connectivity index (χ3n) is 5.09. The average Bonchev–Trinajstić information content (AvgIpc) is 2.69. The molecule has 1 aliphatic heterocycles. The normalized spacial score (nSPS) is 18.3. The van der Waals surface area contributed by atoms with Gasteiger partial charge in [0.1, 0.15) is 0 Å². The lowest BCUT2D eigenvalue weighted by molar-refractivity contribution is -0.140. The molecule has 2 atom stereocenters. The van der Waals surface area contributed by atoms with Crippen molar-refractivity contribution in [3.8, 4) is 0 Å². The van der Waals surface area contributed by atoms with Gasteiger partial charge in [-0.25, -0.2) is 4.79 Å². The predicted octanol–water partition coefficient (Wildman–Crippen LogP) is 2.87. The summed E-state index contributed by atoms with van der Waals surface area (Å²) in [5.41, 5.74) is 2.03. The van der Waals surface area contributed by atoms with Crippen molar-refractivity contribution in [1.82, 2.24) is 15.2 Å². The number of aromatic nitrogens is 1. The number of carboxylic acid groups (broad SMARTS) is 1. The lowest BCUT2D eigenvalue weighted by Crippen LogP contribution is -2.45. The van der Waals surface area contributed by atoms with E-state index >= 15 is 0 Å². The Morgan fingerprint density at radius 3 is 2.85 bits per heavy atom. The molecule has 0 spiro atoms. The van der Waals surface area contributed by atoms with Crippen molar-refractivity contribution in [3.05, 3.63) is 65.5 Å². The van der Waals surface area contributed by atoms with Gasteiger partial charge in [0.25, 0.3) is 0 Å². The second kappa shape index (κ2) is 8.77. The highest BCUT2D eigenvalue weighted by Gasteiger charge is 2.31. The Bertz CT molecular complexity index is 794. The number of pyridine rings is 1. The van der Waals surface area contributed by atoms with Crippen LogP contribution >= 0.6 is 0 Å². The summed E-state index contributed by atoms with van der Waals surface area (Å²) < 4.78 is 0. The minimum absolute atomic E-state index is 0.0624. The molecule has 1 saturated heterocycles. The van der Waals surface area contributed by atoms with E-state index in [0.717, 1.165) is 24.9 Å². The van der Waals surface area contributed by atoms with E-state index in [-0.39, 0.29) is 23.4 Å². The van der Waals surface area contributed by atoms with Crippen molar-refractivity contribution >= 4 is 11.9 Å². The number of hydrogen-bond donors (Lipinski definition) is 2. The zero-order valence-corrected chi connectivity index (χ0v) is 15.5. The Labute approximate surface area is 159 Å². The number of amides is 1. The first kappa shape index (κ1) is 19.0. The predicted molar refractivity (Wildman–Crippen MR) is 102 cm³/mol. The molecule has 1 fully saturated rings. The molecule has 1 aromatic carbocycles. The summed E-state index contributed by atoms with van der Waals surface area (Å²) in [6, 6.07) is 13.2. The highest BCUT2D eigenvalue weighted by Crippen LogP contribution is 2.27. The molecule has 142 valence electrons. The van der Waals surface area contributed by atoms with Gasteiger partial charge in [0, 0.05) is 25.8 Å². The fourth-order valence-electron chi connectivity index (χ4n) is 3.54. The number of piperidine rings is 1. The molecule has 0 aliphatic carbocycles. The Balaban J connectivity index is 1.57. The first-order valence-electron chi connectivity index (χ1n) is 9.30. The standard InChI is InChI=1S/C21H25N3O3/c1-15(16-6-3-2-4-7-16)24-11-5-8-18(20(24)25)13-22-14-19-12-17(21(26)27)9-10-23-19/h2-4,6-7,9-10,12,15,18,22H,5,8,11,13-14H2,1H3,(H,26,27)/t15?,18-/m0/s1. The van der Waals surface area contributed by atoms with Crippen LogP contribution in [0.3, 0.4) is 0 Å². The minimum atomic E-state index is -0.966. The van der Waals surface area contributed by atoms with Gasteiger partial charge in [-0.05, 0) is 37.5 Å². The van der Waals surface area contributed by atoms with Crippen LogP contribution in [0.15, 0.2) is 48.7 Å². The van der Waals surface area contributed by atoms with E-state index in [4.69, 9.17) is 5.11 Å². The molecule has 1 amide bonds. The van der Waals surface area contributed by atoms with Crippen LogP contribution in [0.5, 0.6) is 0 Å². The number of carbonyl (C=O) groups excluding carboxylic acids is 1. The summed E-state index contributed by atoms with van der Waals surface area (Å²) in [6.07, 6.45) is 3.35. The van der Waals surface area contributed by atoms with Crippen molar-refractivity contribution in [1.29, 1.82) is 0 Å². The summed E-state index contributed by atoms with van der Waals surface area (Å²) >= 11 is 0. The maximum atomic E-state index is 12.9. The SMILES string of the molecule is CC(c1ccccc1)N1CCC[C@@H](CNCc2cc(C(=O)O)ccn2)C1=O. The van der Waals surface area contributed by atoms with Crippen LogP contribution in [-0.2, 0) is 11.3 Å². The van der Waals surface area contributed by atoms with Gasteiger partial charge in [-0.3, -0.25) is 9.78 Å². The van der Waals surface area contributed by atoms with E-state index in [0.29, 0.717) is 18.8 Å². The van der Waals surface area contributed by atoms with Crippen LogP contribution in [0.25, 0.3) is 0 Å². The third-order valence-corrected chi connectivity index (χ3v) is 5.09. The molecule has 6 nitrogen and oxygen atoms in total. The van der Waals surface area contributed by atoms with Gasteiger partial charge < -0.3 is 15.3 Å². The summed E-state index contributed by atoms with van der Waals surface area (Å²) in [4.78, 5) is 30.1. The average molecular weight is 367 g/mol. The van der Waals surface area contributed by atoms with E-state index in [1.807, 2.05) is 23.1 Å². The number of benzene rings is 1. The number of hydrogen-bond acceptors (Lipinski definition) is 4. The minimum Gasteiger partial charge on any atom is -0.478 e. The molecule has 27 heavy (non-hydrogen) atoms. The van der Waals surface area contributed by atoms with E-state index < -0.39 is 5.97 Å². The molecule has 0 radical (unpaired) electrons. The number of nitrogens with zero attached hydrogens (tertiary/aromatic N) is 2. The molecule has 0 bridgehead atoms. The number of aromatic carboxylic acids is 1. The number of nitrogens with one attached hydrogen (secondary N) is 1. The van der Waals surface area contributed by atoms with Gasteiger partial charge in [-0.2, -0.15) is 0 Å². The molecule has 1 aliphatic rings. The molecule has 3 rings (SSSR count). The molecular formula is C21H25N3O3. The Hall–Kier alpha value is -2.73. The molecular weight excluding hydrogens is 342 g/mol. The monoisotopic (exact) mass is 367 g/mol. The molecule has 1 unspecified atom stereocenters. The first-order valence-corrected chi connectivity index (χ1v) is 9.30. The van der Waals surface area contributed by atoms with Crippen molar-refractivity contribution in [2.45, 2.75) is 32.4 Å². The second-order valence-corrected chi connectivity index (χ2v) is 6.93. The van der Waals surface area contributed by atoms with E-state index in [9.17, 15) is 9.59 Å². The van der Waals surface area contributed by atoms with E-state index in [1.165, 1.54) is 12.3 Å². The molecule has 1 aromatic heterocycles. The maximum absolute atomic E-state index is 12.9. The maximum Gasteiger partial charge on any atom is 0.335 e. The van der Waals surface area contributed by atoms with Crippen molar-refractivity contribution in [2.24, 2.45) is 5.92 Å². The highest BCUT2D eigenvalue weighted by molar-refractivity contribution is 5.87. The summed E-state index contributed by atoms with van der Waals surface area (Å²) in [5.74, 6) is -0.850. The largest absolute Gasteiger partial charge is 0.478 e. The number of rotatable bonds is 7. The van der Waals surface area contributed by atoms with Gasteiger partial charge in [-0.15, -0.1) is 0 Å². The van der Waals surface area contributed by atoms with Crippen LogP contribution in [0.2, 0.25) is 0 Å². The summed E-state index contributed by atoms with van der Waals surface area (Å²) in [6.45, 7) is 3.87. The Kier molecular flexibility index (Phi) is 6.19. The number of carbonyl (C=O) groups is 2. The van der Waals surface area contributed by atoms with Gasteiger partial charge in [0.05, 0.1) is 23.2 Å². The van der Waals surface area contributed by atoms with E-state index in [1.54, 1.807) is 6.07 Å². The number of likely N-dealkylation sites (tertiary alicyclic amines) is 1. The Morgan fingerprint density at radius 2 is 2.11 bits per heavy atom. The molecule has 2 heterocycles. The van der Waals surface area contributed by atoms with Crippen molar-refractivity contribution < 1.29 is 14.7 Å². The van der Waals surface area contributed by atoms with Gasteiger partial charge in [-0.1, -0.05) is 30.3 Å². The quantitative estimate of drug-likeness (QED) is 0.786. The van der Waals surface area contributed by atoms with Gasteiger partial charge in [0.2, 0.25) is 5.91 Å². The molecule has 2 aromatic rings. The van der Waals surface area contributed by atoms with Crippen LogP contribution in [0.1, 0.15) is 47.4 Å². The molecule has 0 saturated carbocycles. The molecule has 2 N–H and O–H groups in total. The Morgan fingerprint density at radius 1 is 1.33 bits per heavy atom. The summed E-state index contributed by atoms with van der Waals surface area (Å²) in [5, 5.41) is 12.3. The summed E-state index contributed by atoms with van der Waals surface area (Å²) in [7, 11) is 0. The van der Waals surface area contributed by atoms with Crippen molar-refractivity contribution in [2.75, 3.05) is 13.1 Å². The van der Waals surface area contributed by atoms with Gasteiger partial charge in [0.15, 0.2) is 0 Å². The lowest BCUT2D eigenvalue weighted by atomic mass is 9.94. The first-order chi connectivity index (χ1) is 13.1. The third kappa shape index (κ3) is 4.71. The van der Waals surface area contributed by atoms with Gasteiger partial charge >= 0.3 is 5.97 Å². The fourth-order valence-corrected chi connectivity index (χ4v) is 3.54. The number of carboxylic acids is 1. The zero-order valence-electron chi connectivity index (χ0n) is 15.5. The van der Waals surface area contributed by atoms with Crippen molar-refractivity contribution in [3.63, 3.8) is 0 Å². The van der Waals surface area contributed by atoms with Crippen LogP contribution in [0.4, 0.5) is 0 Å². The second-order valence-electron chi connectivity index (χ2n) is 6.93. The van der Waals surface area contributed by atoms with Crippen LogP contribution in [0, 0.1) is 5.92 Å². The van der Waals surface area contributed by atoms with Crippen LogP contribution < -0.4 is 5.32 Å².